The molecule has 0 spiro atoms. The fourth-order valence-corrected chi connectivity index (χ4v) is 1.90. The molecular formula is C9H9F2N3O3S. The van der Waals surface area contributed by atoms with Crippen molar-refractivity contribution in [2.24, 2.45) is 16.5 Å². The molecule has 0 unspecified atom stereocenters. The van der Waals surface area contributed by atoms with Crippen LogP contribution in [0.1, 0.15) is 10.4 Å². The third kappa shape index (κ3) is 3.00. The van der Waals surface area contributed by atoms with Gasteiger partial charge in [0.1, 0.15) is 16.5 Å². The Hall–Kier alpha value is -2.03. The summed E-state index contributed by atoms with van der Waals surface area (Å²) in [5, 5.41) is 0. The molecule has 98 valence electrons. The zero-order valence-corrected chi connectivity index (χ0v) is 9.96. The largest absolute Gasteiger partial charge is 0.370 e. The Kier molecular flexibility index (Phi) is 3.65. The number of benzene rings is 1. The van der Waals surface area contributed by atoms with Crippen LogP contribution in [0.3, 0.4) is 0 Å². The van der Waals surface area contributed by atoms with E-state index in [1.54, 1.807) is 0 Å². The molecule has 0 aliphatic carbocycles. The molecule has 0 saturated heterocycles. The summed E-state index contributed by atoms with van der Waals surface area (Å²) in [7, 11) is -3.94. The lowest BCUT2D eigenvalue weighted by Crippen LogP contribution is -2.24. The fraction of sp³-hybridized carbons (Fsp3) is 0.111. The SMILES string of the molecule is CS(=O)(=O)c1cc(C(=O)N=C(N)N)c(F)cc1F. The van der Waals surface area contributed by atoms with Crippen molar-refractivity contribution in [1.29, 1.82) is 0 Å². The number of sulfone groups is 1. The van der Waals surface area contributed by atoms with Gasteiger partial charge in [0.25, 0.3) is 5.91 Å². The molecule has 0 atom stereocenters. The summed E-state index contributed by atoms with van der Waals surface area (Å²) < 4.78 is 49.0. The number of amides is 1. The van der Waals surface area contributed by atoms with Crippen molar-refractivity contribution in [3.8, 4) is 0 Å². The standard InChI is InChI=1S/C9H9F2N3O3S/c1-18(16,17)7-2-4(5(10)3-6(7)11)8(15)14-9(12)13/h2-3H,1H3,(H4,12,13,14,15). The monoisotopic (exact) mass is 277 g/mol. The summed E-state index contributed by atoms with van der Waals surface area (Å²) in [5.74, 6) is -4.37. The number of halogens is 2. The van der Waals surface area contributed by atoms with Crippen LogP contribution in [0.2, 0.25) is 0 Å². The van der Waals surface area contributed by atoms with E-state index < -0.39 is 43.8 Å². The lowest BCUT2D eigenvalue weighted by atomic mass is 10.2. The minimum absolute atomic E-state index is 0.284. The summed E-state index contributed by atoms with van der Waals surface area (Å²) in [6.45, 7) is 0. The number of hydrogen-bond acceptors (Lipinski definition) is 3. The lowest BCUT2D eigenvalue weighted by molar-refractivity contribution is 0.0998. The van der Waals surface area contributed by atoms with E-state index in [-0.39, 0.29) is 6.07 Å². The van der Waals surface area contributed by atoms with Crippen molar-refractivity contribution in [3.05, 3.63) is 29.3 Å². The molecule has 0 bridgehead atoms. The Morgan fingerprint density at radius 1 is 1.22 bits per heavy atom. The average Bonchev–Trinajstić information content (AvgIpc) is 2.13. The summed E-state index contributed by atoms with van der Waals surface area (Å²) >= 11 is 0. The molecule has 1 rings (SSSR count). The van der Waals surface area contributed by atoms with Gasteiger partial charge in [-0.2, -0.15) is 4.99 Å². The van der Waals surface area contributed by atoms with Gasteiger partial charge in [0.2, 0.25) is 0 Å². The minimum atomic E-state index is -3.94. The second-order valence-corrected chi connectivity index (χ2v) is 5.36. The fourth-order valence-electron chi connectivity index (χ4n) is 1.15. The van der Waals surface area contributed by atoms with E-state index in [0.29, 0.717) is 6.07 Å². The zero-order valence-electron chi connectivity index (χ0n) is 9.15. The van der Waals surface area contributed by atoms with Crippen LogP contribution in [0.15, 0.2) is 22.0 Å². The molecule has 0 saturated carbocycles. The minimum Gasteiger partial charge on any atom is -0.370 e. The molecule has 0 fully saturated rings. The second kappa shape index (κ2) is 4.69. The van der Waals surface area contributed by atoms with Gasteiger partial charge in [0, 0.05) is 12.3 Å². The van der Waals surface area contributed by atoms with Gasteiger partial charge in [-0.05, 0) is 6.07 Å². The first kappa shape index (κ1) is 14.0. The van der Waals surface area contributed by atoms with Crippen LogP contribution in [-0.4, -0.2) is 26.5 Å². The van der Waals surface area contributed by atoms with Crippen LogP contribution in [0.4, 0.5) is 8.78 Å². The van der Waals surface area contributed by atoms with Crippen molar-refractivity contribution in [2.45, 2.75) is 4.90 Å². The van der Waals surface area contributed by atoms with Gasteiger partial charge in [0.15, 0.2) is 15.8 Å². The quantitative estimate of drug-likeness (QED) is 0.440. The number of carbonyl (C=O) groups is 1. The summed E-state index contributed by atoms with van der Waals surface area (Å²) in [5.41, 5.74) is 9.12. The lowest BCUT2D eigenvalue weighted by Gasteiger charge is -2.04. The van der Waals surface area contributed by atoms with Crippen LogP contribution < -0.4 is 11.5 Å². The van der Waals surface area contributed by atoms with Crippen molar-refractivity contribution < 1.29 is 22.0 Å². The highest BCUT2D eigenvalue weighted by Crippen LogP contribution is 2.20. The van der Waals surface area contributed by atoms with Crippen LogP contribution in [0.25, 0.3) is 0 Å². The van der Waals surface area contributed by atoms with Crippen molar-refractivity contribution in [1.82, 2.24) is 0 Å². The van der Waals surface area contributed by atoms with Crippen LogP contribution >= 0.6 is 0 Å². The molecule has 1 aromatic carbocycles. The first-order chi connectivity index (χ1) is 8.12. The Balaban J connectivity index is 3.49. The molecule has 1 amide bonds. The highest BCUT2D eigenvalue weighted by atomic mass is 32.2. The summed E-state index contributed by atoms with van der Waals surface area (Å²) in [4.78, 5) is 13.6. The van der Waals surface area contributed by atoms with E-state index in [0.717, 1.165) is 6.26 Å². The predicted octanol–water partition coefficient (Wildman–Crippen LogP) is -0.218. The number of hydrogen-bond donors (Lipinski definition) is 2. The second-order valence-electron chi connectivity index (χ2n) is 3.38. The molecular weight excluding hydrogens is 268 g/mol. The van der Waals surface area contributed by atoms with E-state index in [4.69, 9.17) is 11.5 Å². The van der Waals surface area contributed by atoms with Crippen molar-refractivity contribution >= 4 is 21.7 Å². The Morgan fingerprint density at radius 2 is 1.78 bits per heavy atom. The normalized spacial score (nSPS) is 11.1. The smallest absolute Gasteiger partial charge is 0.283 e. The highest BCUT2D eigenvalue weighted by Gasteiger charge is 2.21. The topological polar surface area (TPSA) is 116 Å². The van der Waals surface area contributed by atoms with Gasteiger partial charge < -0.3 is 11.5 Å². The van der Waals surface area contributed by atoms with Crippen LogP contribution in [-0.2, 0) is 9.84 Å². The van der Waals surface area contributed by atoms with Crippen molar-refractivity contribution in [3.63, 3.8) is 0 Å². The first-order valence-corrected chi connectivity index (χ1v) is 6.35. The van der Waals surface area contributed by atoms with Gasteiger partial charge in [-0.1, -0.05) is 0 Å². The zero-order chi connectivity index (χ0) is 14.1. The van der Waals surface area contributed by atoms with E-state index in [1.165, 1.54) is 0 Å². The summed E-state index contributed by atoms with van der Waals surface area (Å²) in [6, 6.07) is 0.834. The van der Waals surface area contributed by atoms with Gasteiger partial charge in [-0.25, -0.2) is 17.2 Å². The Bertz CT molecular complexity index is 637. The molecule has 18 heavy (non-hydrogen) atoms. The third-order valence-corrected chi connectivity index (χ3v) is 2.99. The number of nitrogens with two attached hydrogens (primary N) is 2. The Labute approximate surface area is 101 Å². The number of rotatable bonds is 2. The molecule has 1 aromatic rings. The number of nitrogens with zero attached hydrogens (tertiary/aromatic N) is 1. The molecule has 0 radical (unpaired) electrons. The molecule has 0 aromatic heterocycles. The van der Waals surface area contributed by atoms with Crippen LogP contribution in [0, 0.1) is 11.6 Å². The molecule has 9 heteroatoms. The maximum absolute atomic E-state index is 13.3. The van der Waals surface area contributed by atoms with E-state index in [2.05, 4.69) is 4.99 Å². The Morgan fingerprint density at radius 3 is 2.22 bits per heavy atom. The molecule has 4 N–H and O–H groups in total. The van der Waals surface area contributed by atoms with E-state index in [9.17, 15) is 22.0 Å². The van der Waals surface area contributed by atoms with E-state index >= 15 is 0 Å². The average molecular weight is 277 g/mol. The highest BCUT2D eigenvalue weighted by molar-refractivity contribution is 7.90. The molecule has 0 aliphatic heterocycles. The van der Waals surface area contributed by atoms with Crippen LogP contribution in [0.5, 0.6) is 0 Å². The maximum Gasteiger partial charge on any atom is 0.283 e. The summed E-state index contributed by atoms with van der Waals surface area (Å²) in [6.07, 6.45) is 0.720. The van der Waals surface area contributed by atoms with Gasteiger partial charge in [-0.3, -0.25) is 4.79 Å². The third-order valence-electron chi connectivity index (χ3n) is 1.88. The number of carbonyl (C=O) groups excluding carboxylic acids is 1. The predicted molar refractivity (Wildman–Crippen MR) is 59.6 cm³/mol. The maximum atomic E-state index is 13.3. The molecule has 0 aliphatic rings. The van der Waals surface area contributed by atoms with Crippen molar-refractivity contribution in [2.75, 3.05) is 6.26 Å². The van der Waals surface area contributed by atoms with Gasteiger partial charge >= 0.3 is 0 Å². The number of aliphatic imine (C=N–C) groups is 1. The van der Waals surface area contributed by atoms with E-state index in [1.807, 2.05) is 0 Å². The molecule has 6 nitrogen and oxygen atoms in total. The number of guanidine groups is 1. The molecule has 0 heterocycles. The first-order valence-electron chi connectivity index (χ1n) is 4.46. The van der Waals surface area contributed by atoms with Gasteiger partial charge in [0.05, 0.1) is 5.56 Å². The van der Waals surface area contributed by atoms with Gasteiger partial charge in [-0.15, -0.1) is 0 Å².